The zero-order valence-corrected chi connectivity index (χ0v) is 20.4. The molecule has 1 unspecified atom stereocenters. The molecule has 2 atom stereocenters. The van der Waals surface area contributed by atoms with Crippen molar-refractivity contribution in [3.8, 4) is 11.5 Å². The predicted octanol–water partition coefficient (Wildman–Crippen LogP) is 4.96. The molecular formula is C29H28FN3O4. The summed E-state index contributed by atoms with van der Waals surface area (Å²) in [4.78, 5) is 33.0. The minimum absolute atomic E-state index is 0.0426. The molecule has 0 bridgehead atoms. The molecule has 4 rings (SSSR count). The maximum atomic E-state index is 13.2. The number of ether oxygens (including phenoxy) is 2. The number of hydrogen-bond donors (Lipinski definition) is 2. The van der Waals surface area contributed by atoms with Crippen molar-refractivity contribution in [1.29, 1.82) is 0 Å². The van der Waals surface area contributed by atoms with Crippen molar-refractivity contribution in [2.24, 2.45) is 0 Å². The van der Waals surface area contributed by atoms with Gasteiger partial charge in [0.25, 0.3) is 0 Å². The van der Waals surface area contributed by atoms with Crippen LogP contribution in [0.5, 0.6) is 11.5 Å². The highest BCUT2D eigenvalue weighted by molar-refractivity contribution is 5.92. The summed E-state index contributed by atoms with van der Waals surface area (Å²) in [5, 5.41) is 2.84. The number of imidazole rings is 1. The number of amides is 1. The molecule has 37 heavy (non-hydrogen) atoms. The standard InChI is InChI=1S/C29H28FN3O4/c1-20(26-16-31-19-32-26)29(35)33-27(18-36-17-22-5-3-2-4-6-22)28(34)15-21-7-11-24(12-8-21)37-25-13-9-23(30)10-14-25/h2-14,16,19-20,27H,15,17-18H2,1H3,(H,31,32)(H,33,35)/t20?,27-/m0/s1. The summed E-state index contributed by atoms with van der Waals surface area (Å²) in [5.74, 6) is -0.244. The Kier molecular flexibility index (Phi) is 8.78. The summed E-state index contributed by atoms with van der Waals surface area (Å²) in [6.45, 7) is 2.11. The maximum absolute atomic E-state index is 13.2. The number of H-pyrrole nitrogens is 1. The molecule has 1 heterocycles. The van der Waals surface area contributed by atoms with Gasteiger partial charge in [-0.2, -0.15) is 0 Å². The smallest absolute Gasteiger partial charge is 0.229 e. The Labute approximate surface area is 214 Å². The summed E-state index contributed by atoms with van der Waals surface area (Å²) in [5.41, 5.74) is 2.40. The number of aromatic amines is 1. The normalized spacial score (nSPS) is 12.5. The molecule has 0 fully saturated rings. The number of hydrogen-bond acceptors (Lipinski definition) is 5. The molecule has 0 aliphatic rings. The summed E-state index contributed by atoms with van der Waals surface area (Å²) < 4.78 is 24.6. The number of carbonyl (C=O) groups is 2. The lowest BCUT2D eigenvalue weighted by Gasteiger charge is -2.20. The second-order valence-electron chi connectivity index (χ2n) is 8.63. The molecule has 1 aromatic heterocycles. The van der Waals surface area contributed by atoms with Gasteiger partial charge in [0, 0.05) is 18.3 Å². The number of aromatic nitrogens is 2. The van der Waals surface area contributed by atoms with Crippen LogP contribution in [0.15, 0.2) is 91.4 Å². The fourth-order valence-electron chi connectivity index (χ4n) is 3.66. The van der Waals surface area contributed by atoms with Crippen LogP contribution in [0, 0.1) is 5.82 Å². The van der Waals surface area contributed by atoms with E-state index in [1.165, 1.54) is 18.5 Å². The van der Waals surface area contributed by atoms with Crippen molar-refractivity contribution in [1.82, 2.24) is 15.3 Å². The van der Waals surface area contributed by atoms with Crippen LogP contribution in [0.2, 0.25) is 0 Å². The van der Waals surface area contributed by atoms with Crippen LogP contribution in [-0.4, -0.2) is 34.3 Å². The number of ketones is 1. The lowest BCUT2D eigenvalue weighted by atomic mass is 10.0. The van der Waals surface area contributed by atoms with E-state index in [-0.39, 0.29) is 30.5 Å². The van der Waals surface area contributed by atoms with Gasteiger partial charge >= 0.3 is 0 Å². The van der Waals surface area contributed by atoms with E-state index in [1.807, 2.05) is 30.3 Å². The fourth-order valence-corrected chi connectivity index (χ4v) is 3.66. The average molecular weight is 502 g/mol. The Morgan fingerprint density at radius 1 is 0.946 bits per heavy atom. The third-order valence-electron chi connectivity index (χ3n) is 5.83. The Hall–Kier alpha value is -4.30. The third-order valence-corrected chi connectivity index (χ3v) is 5.83. The van der Waals surface area contributed by atoms with E-state index in [1.54, 1.807) is 49.5 Å². The zero-order valence-electron chi connectivity index (χ0n) is 20.4. The molecule has 190 valence electrons. The van der Waals surface area contributed by atoms with Gasteiger partial charge in [0.05, 0.1) is 25.5 Å². The lowest BCUT2D eigenvalue weighted by molar-refractivity contribution is -0.129. The van der Waals surface area contributed by atoms with E-state index in [2.05, 4.69) is 15.3 Å². The molecule has 4 aromatic rings. The minimum Gasteiger partial charge on any atom is -0.457 e. The van der Waals surface area contributed by atoms with Gasteiger partial charge in [-0.1, -0.05) is 42.5 Å². The molecule has 7 nitrogen and oxygen atoms in total. The average Bonchev–Trinajstić information content (AvgIpc) is 3.46. The predicted molar refractivity (Wildman–Crippen MR) is 137 cm³/mol. The molecule has 8 heteroatoms. The fraction of sp³-hybridized carbons (Fsp3) is 0.207. The summed E-state index contributed by atoms with van der Waals surface area (Å²) >= 11 is 0. The molecule has 0 saturated heterocycles. The van der Waals surface area contributed by atoms with Gasteiger partial charge in [-0.25, -0.2) is 9.37 Å². The van der Waals surface area contributed by atoms with Crippen molar-refractivity contribution in [2.45, 2.75) is 31.9 Å². The number of nitrogens with one attached hydrogen (secondary N) is 2. The molecule has 3 aromatic carbocycles. The van der Waals surface area contributed by atoms with Crippen molar-refractivity contribution < 1.29 is 23.5 Å². The Morgan fingerprint density at radius 2 is 1.62 bits per heavy atom. The van der Waals surface area contributed by atoms with Gasteiger partial charge in [0.2, 0.25) is 5.91 Å². The molecule has 0 aliphatic carbocycles. The van der Waals surface area contributed by atoms with E-state index < -0.39 is 12.0 Å². The van der Waals surface area contributed by atoms with Gasteiger partial charge in [-0.3, -0.25) is 9.59 Å². The Morgan fingerprint density at radius 3 is 2.27 bits per heavy atom. The number of carbonyl (C=O) groups excluding carboxylic acids is 2. The maximum Gasteiger partial charge on any atom is 0.229 e. The van der Waals surface area contributed by atoms with E-state index >= 15 is 0 Å². The van der Waals surface area contributed by atoms with Crippen LogP contribution in [-0.2, 0) is 27.4 Å². The highest BCUT2D eigenvalue weighted by atomic mass is 19.1. The van der Waals surface area contributed by atoms with E-state index in [9.17, 15) is 14.0 Å². The highest BCUT2D eigenvalue weighted by Gasteiger charge is 2.25. The van der Waals surface area contributed by atoms with Gasteiger partial charge in [-0.15, -0.1) is 0 Å². The van der Waals surface area contributed by atoms with Crippen LogP contribution in [0.25, 0.3) is 0 Å². The van der Waals surface area contributed by atoms with Crippen LogP contribution in [0.4, 0.5) is 4.39 Å². The first-order valence-electron chi connectivity index (χ1n) is 11.9. The van der Waals surface area contributed by atoms with E-state index in [0.29, 0.717) is 23.8 Å². The lowest BCUT2D eigenvalue weighted by Crippen LogP contribution is -2.46. The van der Waals surface area contributed by atoms with Crippen LogP contribution in [0.1, 0.15) is 29.7 Å². The molecular weight excluding hydrogens is 473 g/mol. The number of halogens is 1. The summed E-state index contributed by atoms with van der Waals surface area (Å²) in [7, 11) is 0. The molecule has 0 saturated carbocycles. The van der Waals surface area contributed by atoms with Gasteiger partial charge in [-0.05, 0) is 54.4 Å². The van der Waals surface area contributed by atoms with Crippen molar-refractivity contribution >= 4 is 11.7 Å². The quantitative estimate of drug-likeness (QED) is 0.286. The number of benzene rings is 3. The monoisotopic (exact) mass is 501 g/mol. The highest BCUT2D eigenvalue weighted by Crippen LogP contribution is 2.22. The summed E-state index contributed by atoms with van der Waals surface area (Å²) in [6.07, 6.45) is 3.20. The number of Topliss-reactive ketones (excluding diaryl/α,β-unsaturated/α-hetero) is 1. The van der Waals surface area contributed by atoms with Crippen molar-refractivity contribution in [2.75, 3.05) is 6.61 Å². The molecule has 0 spiro atoms. The molecule has 2 N–H and O–H groups in total. The van der Waals surface area contributed by atoms with Crippen LogP contribution >= 0.6 is 0 Å². The van der Waals surface area contributed by atoms with E-state index in [0.717, 1.165) is 11.1 Å². The first-order chi connectivity index (χ1) is 18.0. The van der Waals surface area contributed by atoms with Crippen molar-refractivity contribution in [3.05, 3.63) is 114 Å². The van der Waals surface area contributed by atoms with Gasteiger partial charge in [0.1, 0.15) is 23.4 Å². The largest absolute Gasteiger partial charge is 0.457 e. The Balaban J connectivity index is 1.39. The minimum atomic E-state index is -0.822. The SMILES string of the molecule is CC(C(=O)N[C@@H](COCc1ccccc1)C(=O)Cc1ccc(Oc2ccc(F)cc2)cc1)c1cnc[nH]1. The number of rotatable bonds is 12. The van der Waals surface area contributed by atoms with Gasteiger partial charge in [0.15, 0.2) is 5.78 Å². The first kappa shape index (κ1) is 25.8. The Bertz CT molecular complexity index is 1280. The number of nitrogens with zero attached hydrogens (tertiary/aromatic N) is 1. The molecule has 0 aliphatic heterocycles. The van der Waals surface area contributed by atoms with E-state index in [4.69, 9.17) is 9.47 Å². The third kappa shape index (κ3) is 7.59. The second-order valence-corrected chi connectivity index (χ2v) is 8.63. The molecule has 0 radical (unpaired) electrons. The van der Waals surface area contributed by atoms with Crippen molar-refractivity contribution in [3.63, 3.8) is 0 Å². The topological polar surface area (TPSA) is 93.3 Å². The first-order valence-corrected chi connectivity index (χ1v) is 11.9. The zero-order chi connectivity index (χ0) is 26.0. The van der Waals surface area contributed by atoms with Crippen LogP contribution in [0.3, 0.4) is 0 Å². The summed E-state index contributed by atoms with van der Waals surface area (Å²) in [6, 6.07) is 21.6. The van der Waals surface area contributed by atoms with Crippen LogP contribution < -0.4 is 10.1 Å². The van der Waals surface area contributed by atoms with Gasteiger partial charge < -0.3 is 19.8 Å². The molecule has 1 amide bonds. The second kappa shape index (κ2) is 12.6.